The molecule has 0 fully saturated rings. The van der Waals surface area contributed by atoms with Gasteiger partial charge in [0.05, 0.1) is 6.17 Å². The molecule has 0 aliphatic rings. The van der Waals surface area contributed by atoms with E-state index in [4.69, 9.17) is 0 Å². The highest BCUT2D eigenvalue weighted by Crippen LogP contribution is 1.92. The average Bonchev–Trinajstić information content (AvgIpc) is 2.03. The van der Waals surface area contributed by atoms with Crippen LogP contribution in [0.25, 0.3) is 0 Å². The summed E-state index contributed by atoms with van der Waals surface area (Å²) in [7, 11) is 2.08. The van der Waals surface area contributed by atoms with Gasteiger partial charge >= 0.3 is 0 Å². The summed E-state index contributed by atoms with van der Waals surface area (Å²) in [6.07, 6.45) is -0.0584. The first kappa shape index (κ1) is 11.8. The van der Waals surface area contributed by atoms with Crippen molar-refractivity contribution in [1.29, 1.82) is 0 Å². The van der Waals surface area contributed by atoms with E-state index in [2.05, 4.69) is 24.2 Å². The molecular weight excluding hydrogens is 155 g/mol. The van der Waals surface area contributed by atoms with Crippen molar-refractivity contribution in [3.8, 4) is 0 Å². The lowest BCUT2D eigenvalue weighted by Crippen LogP contribution is -2.30. The Balaban J connectivity index is 3.00. The fourth-order valence-corrected chi connectivity index (χ4v) is 0.854. The molecule has 0 bridgehead atoms. The minimum absolute atomic E-state index is 0.621. The second-order valence-corrected chi connectivity index (χ2v) is 3.22. The molecule has 0 aromatic carbocycles. The predicted molar refractivity (Wildman–Crippen MR) is 51.2 cm³/mol. The second kappa shape index (κ2) is 7.50. The lowest BCUT2D eigenvalue weighted by Gasteiger charge is -2.13. The normalized spacial score (nSPS) is 13.8. The number of halogens is 1. The quantitative estimate of drug-likeness (QED) is 0.588. The fourth-order valence-electron chi connectivity index (χ4n) is 0.854. The van der Waals surface area contributed by atoms with Gasteiger partial charge in [0.2, 0.25) is 0 Å². The molecule has 1 atom stereocenters. The Morgan fingerprint density at radius 2 is 2.08 bits per heavy atom. The zero-order valence-corrected chi connectivity index (χ0v) is 8.44. The van der Waals surface area contributed by atoms with Crippen molar-refractivity contribution < 1.29 is 4.39 Å². The van der Waals surface area contributed by atoms with E-state index in [1.165, 1.54) is 0 Å². The predicted octanol–water partition coefficient (Wildman–Crippen LogP) is 1.28. The number of nitrogens with zero attached hydrogens (tertiary/aromatic N) is 1. The van der Waals surface area contributed by atoms with E-state index in [1.54, 1.807) is 6.92 Å². The number of hydrogen-bond donors (Lipinski definition) is 1. The van der Waals surface area contributed by atoms with Crippen molar-refractivity contribution in [2.24, 2.45) is 0 Å². The summed E-state index contributed by atoms with van der Waals surface area (Å²) in [5, 5.41) is 3.20. The van der Waals surface area contributed by atoms with E-state index < -0.39 is 6.17 Å². The molecule has 0 aliphatic carbocycles. The Morgan fingerprint density at radius 1 is 1.42 bits per heavy atom. The number of nitrogens with one attached hydrogen (secondary N) is 1. The summed E-state index contributed by atoms with van der Waals surface area (Å²) in [6.45, 7) is 7.58. The molecule has 0 saturated heterocycles. The van der Waals surface area contributed by atoms with E-state index in [1.807, 2.05) is 0 Å². The minimum Gasteiger partial charge on any atom is -0.315 e. The van der Waals surface area contributed by atoms with Gasteiger partial charge in [0, 0.05) is 13.1 Å². The summed E-state index contributed by atoms with van der Waals surface area (Å²) < 4.78 is 12.3. The highest BCUT2D eigenvalue weighted by molar-refractivity contribution is 4.55. The van der Waals surface area contributed by atoms with Crippen LogP contribution in [0.4, 0.5) is 4.39 Å². The Morgan fingerprint density at radius 3 is 2.58 bits per heavy atom. The molecule has 0 aromatic heterocycles. The summed E-state index contributed by atoms with van der Waals surface area (Å²) in [6, 6.07) is 0. The molecule has 1 unspecified atom stereocenters. The number of hydrogen-bond acceptors (Lipinski definition) is 2. The number of likely N-dealkylation sites (N-methyl/N-ethyl adjacent to an activating group) is 1. The van der Waals surface area contributed by atoms with Crippen LogP contribution in [0.15, 0.2) is 0 Å². The Bertz CT molecular complexity index is 96.5. The van der Waals surface area contributed by atoms with Crippen molar-refractivity contribution in [3.05, 3.63) is 0 Å². The van der Waals surface area contributed by atoms with Crippen LogP contribution in [0.2, 0.25) is 0 Å². The van der Waals surface area contributed by atoms with Crippen LogP contribution in [-0.2, 0) is 0 Å². The maximum absolute atomic E-state index is 12.3. The van der Waals surface area contributed by atoms with E-state index in [0.29, 0.717) is 6.42 Å². The van der Waals surface area contributed by atoms with Crippen molar-refractivity contribution in [1.82, 2.24) is 10.2 Å². The van der Waals surface area contributed by atoms with Crippen molar-refractivity contribution in [2.75, 3.05) is 33.2 Å². The van der Waals surface area contributed by atoms with Crippen molar-refractivity contribution in [3.63, 3.8) is 0 Å². The minimum atomic E-state index is -0.679. The van der Waals surface area contributed by atoms with Crippen LogP contribution in [0.5, 0.6) is 0 Å². The van der Waals surface area contributed by atoms with Gasteiger partial charge in [0.25, 0.3) is 0 Å². The molecule has 0 spiro atoms. The topological polar surface area (TPSA) is 15.3 Å². The maximum Gasteiger partial charge on any atom is 0.0985 e. The smallest absolute Gasteiger partial charge is 0.0985 e. The Labute approximate surface area is 75.1 Å². The van der Waals surface area contributed by atoms with Gasteiger partial charge in [-0.2, -0.15) is 0 Å². The van der Waals surface area contributed by atoms with Gasteiger partial charge in [0.1, 0.15) is 0 Å². The van der Waals surface area contributed by atoms with E-state index in [9.17, 15) is 4.39 Å². The average molecular weight is 176 g/mol. The zero-order chi connectivity index (χ0) is 9.40. The van der Waals surface area contributed by atoms with Crippen molar-refractivity contribution >= 4 is 0 Å². The van der Waals surface area contributed by atoms with Crippen LogP contribution < -0.4 is 5.32 Å². The van der Waals surface area contributed by atoms with Gasteiger partial charge in [-0.15, -0.1) is 0 Å². The molecule has 74 valence electrons. The van der Waals surface area contributed by atoms with Gasteiger partial charge in [-0.3, -0.25) is 0 Å². The largest absolute Gasteiger partial charge is 0.315 e. The Kier molecular flexibility index (Phi) is 7.40. The molecule has 0 aliphatic heterocycles. The second-order valence-electron chi connectivity index (χ2n) is 3.22. The summed E-state index contributed by atoms with van der Waals surface area (Å²) in [4.78, 5) is 2.23. The molecule has 1 N–H and O–H groups in total. The maximum atomic E-state index is 12.3. The molecule has 0 saturated carbocycles. The van der Waals surface area contributed by atoms with E-state index in [0.717, 1.165) is 26.2 Å². The van der Waals surface area contributed by atoms with Crippen LogP contribution in [0.3, 0.4) is 0 Å². The SMILES string of the molecule is CCN(C)CCNCCC(C)F. The third-order valence-electron chi connectivity index (χ3n) is 1.93. The van der Waals surface area contributed by atoms with E-state index >= 15 is 0 Å². The third kappa shape index (κ3) is 7.95. The van der Waals surface area contributed by atoms with Gasteiger partial charge in [-0.1, -0.05) is 6.92 Å². The number of rotatable bonds is 7. The molecule has 12 heavy (non-hydrogen) atoms. The molecule has 0 radical (unpaired) electrons. The highest BCUT2D eigenvalue weighted by atomic mass is 19.1. The monoisotopic (exact) mass is 176 g/mol. The van der Waals surface area contributed by atoms with Crippen LogP contribution >= 0.6 is 0 Å². The Hall–Kier alpha value is -0.150. The molecule has 0 aromatic rings. The van der Waals surface area contributed by atoms with Gasteiger partial charge in [0.15, 0.2) is 0 Å². The third-order valence-corrected chi connectivity index (χ3v) is 1.93. The first-order valence-corrected chi connectivity index (χ1v) is 4.70. The molecule has 0 amide bonds. The summed E-state index contributed by atoms with van der Waals surface area (Å²) >= 11 is 0. The standard InChI is InChI=1S/C9H21FN2/c1-4-12(3)8-7-11-6-5-9(2)10/h9,11H,4-8H2,1-3H3. The zero-order valence-electron chi connectivity index (χ0n) is 8.44. The molecule has 3 heteroatoms. The lowest BCUT2D eigenvalue weighted by molar-refractivity contribution is 0.322. The molecule has 0 rings (SSSR count). The molecular formula is C9H21FN2. The summed E-state index contributed by atoms with van der Waals surface area (Å²) in [5.41, 5.74) is 0. The number of alkyl halides is 1. The lowest BCUT2D eigenvalue weighted by atomic mass is 10.3. The molecule has 2 nitrogen and oxygen atoms in total. The first-order valence-electron chi connectivity index (χ1n) is 4.70. The van der Waals surface area contributed by atoms with E-state index in [-0.39, 0.29) is 0 Å². The highest BCUT2D eigenvalue weighted by Gasteiger charge is 1.97. The van der Waals surface area contributed by atoms with Crippen LogP contribution in [-0.4, -0.2) is 44.3 Å². The first-order chi connectivity index (χ1) is 5.66. The van der Waals surface area contributed by atoms with Crippen molar-refractivity contribution in [2.45, 2.75) is 26.4 Å². The van der Waals surface area contributed by atoms with Crippen LogP contribution in [0, 0.1) is 0 Å². The van der Waals surface area contributed by atoms with Crippen LogP contribution in [0.1, 0.15) is 20.3 Å². The van der Waals surface area contributed by atoms with Gasteiger partial charge in [-0.25, -0.2) is 4.39 Å². The van der Waals surface area contributed by atoms with Gasteiger partial charge < -0.3 is 10.2 Å². The molecule has 0 heterocycles. The summed E-state index contributed by atoms with van der Waals surface area (Å²) in [5.74, 6) is 0. The fraction of sp³-hybridized carbons (Fsp3) is 1.00. The van der Waals surface area contributed by atoms with Gasteiger partial charge in [-0.05, 0) is 33.5 Å².